The Morgan fingerprint density at radius 1 is 1.67 bits per heavy atom. The van der Waals surface area contributed by atoms with Crippen molar-refractivity contribution in [3.63, 3.8) is 0 Å². The third-order valence-corrected chi connectivity index (χ3v) is 2.43. The smallest absolute Gasteiger partial charge is 0.169 e. The topological polar surface area (TPSA) is 38.1 Å². The van der Waals surface area contributed by atoms with Crippen LogP contribution in [-0.4, -0.2) is 11.7 Å². The van der Waals surface area contributed by atoms with Gasteiger partial charge in [-0.15, -0.1) is 0 Å². The van der Waals surface area contributed by atoms with Gasteiger partial charge in [0, 0.05) is 12.6 Å². The summed E-state index contributed by atoms with van der Waals surface area (Å²) in [5.74, 6) is 1.72. The highest BCUT2D eigenvalue weighted by atomic mass is 16.5. The van der Waals surface area contributed by atoms with Crippen molar-refractivity contribution in [3.05, 3.63) is 11.8 Å². The Kier molecular flexibility index (Phi) is 1.60. The van der Waals surface area contributed by atoms with Gasteiger partial charge in [0.25, 0.3) is 0 Å². The summed E-state index contributed by atoms with van der Waals surface area (Å²) in [6, 6.07) is 1.92. The van der Waals surface area contributed by atoms with E-state index in [1.165, 1.54) is 12.8 Å². The maximum Gasteiger partial charge on any atom is 0.169 e. The quantitative estimate of drug-likeness (QED) is 0.748. The number of nitrogens with one attached hydrogen (secondary N) is 1. The second-order valence-corrected chi connectivity index (χ2v) is 3.99. The van der Waals surface area contributed by atoms with Crippen LogP contribution in [0.4, 0.5) is 5.82 Å². The molecule has 0 atom stereocenters. The molecule has 66 valence electrons. The number of aryl methyl sites for hydroxylation is 1. The van der Waals surface area contributed by atoms with E-state index in [-0.39, 0.29) is 0 Å². The highest BCUT2D eigenvalue weighted by Gasteiger charge is 2.36. The second-order valence-electron chi connectivity index (χ2n) is 3.99. The first-order valence-corrected chi connectivity index (χ1v) is 4.35. The van der Waals surface area contributed by atoms with E-state index < -0.39 is 0 Å². The molecule has 12 heavy (non-hydrogen) atoms. The van der Waals surface area contributed by atoms with Gasteiger partial charge in [0.1, 0.15) is 5.76 Å². The Balaban J connectivity index is 1.87. The monoisotopic (exact) mass is 166 g/mol. The van der Waals surface area contributed by atoms with Crippen LogP contribution >= 0.6 is 0 Å². The second kappa shape index (κ2) is 2.51. The van der Waals surface area contributed by atoms with Crippen molar-refractivity contribution in [3.8, 4) is 0 Å². The summed E-state index contributed by atoms with van der Waals surface area (Å²) in [5, 5.41) is 7.12. The minimum atomic E-state index is 0.521. The minimum Gasteiger partial charge on any atom is -0.367 e. The first-order valence-electron chi connectivity index (χ1n) is 4.35. The fraction of sp³-hybridized carbons (Fsp3) is 0.667. The van der Waals surface area contributed by atoms with Gasteiger partial charge in [-0.3, -0.25) is 0 Å². The molecule has 0 unspecified atom stereocenters. The summed E-state index contributed by atoms with van der Waals surface area (Å²) >= 11 is 0. The molecule has 1 saturated carbocycles. The van der Waals surface area contributed by atoms with Crippen molar-refractivity contribution < 1.29 is 4.52 Å². The Morgan fingerprint density at radius 3 is 2.92 bits per heavy atom. The number of aromatic nitrogens is 1. The van der Waals surface area contributed by atoms with Crippen molar-refractivity contribution in [2.45, 2.75) is 26.7 Å². The maximum atomic E-state index is 4.94. The zero-order valence-electron chi connectivity index (χ0n) is 7.55. The van der Waals surface area contributed by atoms with Gasteiger partial charge in [-0.05, 0) is 25.2 Å². The van der Waals surface area contributed by atoms with Crippen molar-refractivity contribution in [1.82, 2.24) is 5.16 Å². The third-order valence-electron chi connectivity index (χ3n) is 2.43. The molecule has 0 saturated heterocycles. The molecule has 0 spiro atoms. The summed E-state index contributed by atoms with van der Waals surface area (Å²) in [4.78, 5) is 0. The normalized spacial score (nSPS) is 19.2. The molecular weight excluding hydrogens is 152 g/mol. The predicted octanol–water partition coefficient (Wildman–Crippen LogP) is 2.20. The molecule has 2 rings (SSSR count). The molecule has 1 aliphatic rings. The van der Waals surface area contributed by atoms with Gasteiger partial charge >= 0.3 is 0 Å². The summed E-state index contributed by atoms with van der Waals surface area (Å²) in [6.07, 6.45) is 2.66. The largest absolute Gasteiger partial charge is 0.367 e. The van der Waals surface area contributed by atoms with Gasteiger partial charge in [-0.2, -0.15) is 0 Å². The van der Waals surface area contributed by atoms with Crippen LogP contribution in [0, 0.1) is 12.3 Å². The standard InChI is InChI=1S/C9H14N2O/c1-7-5-8(11-12-7)10-6-9(2)3-4-9/h5H,3-4,6H2,1-2H3,(H,10,11). The van der Waals surface area contributed by atoms with Crippen molar-refractivity contribution in [2.75, 3.05) is 11.9 Å². The van der Waals surface area contributed by atoms with E-state index in [2.05, 4.69) is 17.4 Å². The fourth-order valence-electron chi connectivity index (χ4n) is 1.14. The maximum absolute atomic E-state index is 4.94. The van der Waals surface area contributed by atoms with E-state index in [0.29, 0.717) is 5.41 Å². The minimum absolute atomic E-state index is 0.521. The highest BCUT2D eigenvalue weighted by molar-refractivity contribution is 5.34. The molecule has 1 N–H and O–H groups in total. The van der Waals surface area contributed by atoms with Crippen LogP contribution in [0.3, 0.4) is 0 Å². The van der Waals surface area contributed by atoms with Crippen LogP contribution in [0.2, 0.25) is 0 Å². The van der Waals surface area contributed by atoms with E-state index in [1.54, 1.807) is 0 Å². The van der Waals surface area contributed by atoms with Crippen molar-refractivity contribution in [1.29, 1.82) is 0 Å². The number of hydrogen-bond acceptors (Lipinski definition) is 3. The van der Waals surface area contributed by atoms with E-state index in [0.717, 1.165) is 18.1 Å². The van der Waals surface area contributed by atoms with Gasteiger partial charge in [0.2, 0.25) is 0 Å². The van der Waals surface area contributed by atoms with Crippen LogP contribution in [0.15, 0.2) is 10.6 Å². The van der Waals surface area contributed by atoms with Crippen LogP contribution < -0.4 is 5.32 Å². The number of hydrogen-bond donors (Lipinski definition) is 1. The summed E-state index contributed by atoms with van der Waals surface area (Å²) in [7, 11) is 0. The zero-order chi connectivity index (χ0) is 8.60. The van der Waals surface area contributed by atoms with E-state index >= 15 is 0 Å². The molecule has 0 radical (unpaired) electrons. The SMILES string of the molecule is Cc1cc(NCC2(C)CC2)no1. The fourth-order valence-corrected chi connectivity index (χ4v) is 1.14. The van der Waals surface area contributed by atoms with Crippen LogP contribution in [0.1, 0.15) is 25.5 Å². The van der Waals surface area contributed by atoms with E-state index in [9.17, 15) is 0 Å². The molecule has 0 aromatic carbocycles. The Morgan fingerprint density at radius 2 is 2.42 bits per heavy atom. The van der Waals surface area contributed by atoms with Gasteiger partial charge in [0.05, 0.1) is 0 Å². The lowest BCUT2D eigenvalue weighted by Gasteiger charge is -2.07. The van der Waals surface area contributed by atoms with E-state index in [4.69, 9.17) is 4.52 Å². The Hall–Kier alpha value is -0.990. The number of rotatable bonds is 3. The van der Waals surface area contributed by atoms with Crippen LogP contribution in [-0.2, 0) is 0 Å². The van der Waals surface area contributed by atoms with Gasteiger partial charge in [-0.1, -0.05) is 12.1 Å². The molecule has 0 aliphatic heterocycles. The predicted molar refractivity (Wildman–Crippen MR) is 47.1 cm³/mol. The average Bonchev–Trinajstić information content (AvgIpc) is 2.60. The van der Waals surface area contributed by atoms with Crippen LogP contribution in [0.25, 0.3) is 0 Å². The lowest BCUT2D eigenvalue weighted by Crippen LogP contribution is -2.11. The van der Waals surface area contributed by atoms with Gasteiger partial charge in [0.15, 0.2) is 5.82 Å². The highest BCUT2D eigenvalue weighted by Crippen LogP contribution is 2.44. The molecule has 1 heterocycles. The summed E-state index contributed by atoms with van der Waals surface area (Å²) in [6.45, 7) is 5.20. The molecule has 1 aliphatic carbocycles. The first-order chi connectivity index (χ1) is 5.68. The summed E-state index contributed by atoms with van der Waals surface area (Å²) < 4.78 is 4.94. The van der Waals surface area contributed by atoms with Crippen molar-refractivity contribution >= 4 is 5.82 Å². The van der Waals surface area contributed by atoms with E-state index in [1.807, 2.05) is 13.0 Å². The molecule has 0 amide bonds. The molecular formula is C9H14N2O. The Labute approximate surface area is 72.1 Å². The van der Waals surface area contributed by atoms with Crippen LogP contribution in [0.5, 0.6) is 0 Å². The number of nitrogens with zero attached hydrogens (tertiary/aromatic N) is 1. The molecule has 0 bridgehead atoms. The first kappa shape index (κ1) is 7.65. The van der Waals surface area contributed by atoms with Crippen molar-refractivity contribution in [2.24, 2.45) is 5.41 Å². The molecule has 1 aromatic heterocycles. The average molecular weight is 166 g/mol. The molecule has 1 aromatic rings. The molecule has 1 fully saturated rings. The van der Waals surface area contributed by atoms with Gasteiger partial charge in [-0.25, -0.2) is 0 Å². The van der Waals surface area contributed by atoms with Gasteiger partial charge < -0.3 is 9.84 Å². The Bertz CT molecular complexity index is 276. The zero-order valence-corrected chi connectivity index (χ0v) is 7.55. The lowest BCUT2D eigenvalue weighted by atomic mass is 10.1. The third kappa shape index (κ3) is 1.60. The number of anilines is 1. The summed E-state index contributed by atoms with van der Waals surface area (Å²) in [5.41, 5.74) is 0.521. The molecule has 3 nitrogen and oxygen atoms in total. The lowest BCUT2D eigenvalue weighted by molar-refractivity contribution is 0.399. The molecule has 3 heteroatoms.